The van der Waals surface area contributed by atoms with Gasteiger partial charge in [-0.15, -0.1) is 0 Å². The first-order valence-corrected chi connectivity index (χ1v) is 3.86. The maximum Gasteiger partial charge on any atom is 0.418 e. The molecule has 2 rings (SSSR count). The van der Waals surface area contributed by atoms with Crippen LogP contribution < -0.4 is 0 Å². The number of pyridine rings is 1. The van der Waals surface area contributed by atoms with Crippen molar-refractivity contribution in [3.05, 3.63) is 23.7 Å². The van der Waals surface area contributed by atoms with Gasteiger partial charge in [-0.25, -0.2) is 9.97 Å². The largest absolute Gasteiger partial charge is 0.418 e. The number of fused-ring (bicyclic) bond motifs is 1. The van der Waals surface area contributed by atoms with Crippen molar-refractivity contribution in [3.63, 3.8) is 0 Å². The summed E-state index contributed by atoms with van der Waals surface area (Å²) < 4.78 is 37.2. The van der Waals surface area contributed by atoms with Gasteiger partial charge in [0.1, 0.15) is 0 Å². The van der Waals surface area contributed by atoms with E-state index in [0.717, 1.165) is 6.20 Å². The van der Waals surface area contributed by atoms with Crippen molar-refractivity contribution in [2.45, 2.75) is 13.1 Å². The predicted molar refractivity (Wildman–Crippen MR) is 43.6 cm³/mol. The fraction of sp³-hybridized carbons (Fsp3) is 0.250. The minimum atomic E-state index is -4.36. The zero-order valence-electron chi connectivity index (χ0n) is 7.18. The van der Waals surface area contributed by atoms with Gasteiger partial charge in [0.05, 0.1) is 17.4 Å². The number of aromatic amines is 1. The van der Waals surface area contributed by atoms with Gasteiger partial charge < -0.3 is 4.98 Å². The number of hydrogen-bond acceptors (Lipinski definition) is 2. The van der Waals surface area contributed by atoms with Crippen LogP contribution in [0.4, 0.5) is 13.2 Å². The molecule has 0 fully saturated rings. The molecular weight excluding hydrogens is 195 g/mol. The Hall–Kier alpha value is -1.59. The number of halogens is 3. The number of nitrogens with zero attached hydrogens (tertiary/aromatic N) is 2. The van der Waals surface area contributed by atoms with E-state index in [4.69, 9.17) is 0 Å². The van der Waals surface area contributed by atoms with E-state index in [0.29, 0.717) is 11.2 Å². The number of alkyl halides is 3. The molecule has 2 aromatic heterocycles. The highest BCUT2D eigenvalue weighted by atomic mass is 19.4. The lowest BCUT2D eigenvalue weighted by atomic mass is 10.1. The summed E-state index contributed by atoms with van der Waals surface area (Å²) in [5.74, 6) is 0. The molecule has 0 saturated heterocycles. The van der Waals surface area contributed by atoms with Crippen LogP contribution in [0.25, 0.3) is 11.2 Å². The van der Waals surface area contributed by atoms with Crippen LogP contribution in [0.3, 0.4) is 0 Å². The Labute approximate surface area is 77.0 Å². The van der Waals surface area contributed by atoms with Gasteiger partial charge in [-0.2, -0.15) is 13.2 Å². The SMILES string of the molecule is Cc1c(C(F)(F)F)cnc2nc[nH]c12. The smallest absolute Gasteiger partial charge is 0.343 e. The number of nitrogens with one attached hydrogen (secondary N) is 1. The lowest BCUT2D eigenvalue weighted by Crippen LogP contribution is -2.08. The van der Waals surface area contributed by atoms with Crippen LogP contribution in [0.2, 0.25) is 0 Å². The fourth-order valence-electron chi connectivity index (χ4n) is 1.30. The van der Waals surface area contributed by atoms with Gasteiger partial charge in [0, 0.05) is 6.20 Å². The zero-order valence-corrected chi connectivity index (χ0v) is 7.18. The lowest BCUT2D eigenvalue weighted by molar-refractivity contribution is -0.138. The molecule has 0 amide bonds. The minimum Gasteiger partial charge on any atom is -0.343 e. The third-order valence-electron chi connectivity index (χ3n) is 2.02. The summed E-state index contributed by atoms with van der Waals surface area (Å²) in [5, 5.41) is 0. The molecule has 0 aliphatic rings. The van der Waals surface area contributed by atoms with E-state index in [1.807, 2.05) is 0 Å². The molecule has 0 aliphatic heterocycles. The van der Waals surface area contributed by atoms with Crippen LogP contribution in [0, 0.1) is 6.92 Å². The van der Waals surface area contributed by atoms with Gasteiger partial charge in [-0.1, -0.05) is 0 Å². The molecule has 0 aromatic carbocycles. The summed E-state index contributed by atoms with van der Waals surface area (Å²) in [6.07, 6.45) is -2.24. The molecule has 6 heteroatoms. The van der Waals surface area contributed by atoms with E-state index in [1.165, 1.54) is 13.3 Å². The Morgan fingerprint density at radius 2 is 2.00 bits per heavy atom. The molecule has 0 unspecified atom stereocenters. The average Bonchev–Trinajstić information content (AvgIpc) is 2.50. The highest BCUT2D eigenvalue weighted by Gasteiger charge is 2.33. The highest BCUT2D eigenvalue weighted by molar-refractivity contribution is 5.75. The molecule has 3 nitrogen and oxygen atoms in total. The standard InChI is InChI=1S/C8H6F3N3/c1-4-5(8(9,10)11)2-12-7-6(4)13-3-14-7/h2-3H,1H3,(H,12,13,14). The van der Waals surface area contributed by atoms with Crippen molar-refractivity contribution in [2.75, 3.05) is 0 Å². The Balaban J connectivity index is 2.74. The van der Waals surface area contributed by atoms with Gasteiger partial charge in [0.25, 0.3) is 0 Å². The van der Waals surface area contributed by atoms with Crippen molar-refractivity contribution in [2.24, 2.45) is 0 Å². The van der Waals surface area contributed by atoms with Gasteiger partial charge in [-0.05, 0) is 12.5 Å². The Morgan fingerprint density at radius 1 is 1.29 bits per heavy atom. The minimum absolute atomic E-state index is 0.125. The number of imidazole rings is 1. The van der Waals surface area contributed by atoms with Gasteiger partial charge in [0.15, 0.2) is 5.65 Å². The van der Waals surface area contributed by atoms with E-state index in [1.54, 1.807) is 0 Å². The molecule has 0 spiro atoms. The van der Waals surface area contributed by atoms with Crippen molar-refractivity contribution >= 4 is 11.2 Å². The third kappa shape index (κ3) is 1.23. The number of aromatic nitrogens is 3. The molecule has 0 saturated carbocycles. The van der Waals surface area contributed by atoms with E-state index in [2.05, 4.69) is 15.0 Å². The fourth-order valence-corrected chi connectivity index (χ4v) is 1.30. The number of rotatable bonds is 0. The van der Waals surface area contributed by atoms with Gasteiger partial charge in [-0.3, -0.25) is 0 Å². The van der Waals surface area contributed by atoms with Crippen molar-refractivity contribution in [1.29, 1.82) is 0 Å². The Kier molecular flexibility index (Phi) is 1.73. The highest BCUT2D eigenvalue weighted by Crippen LogP contribution is 2.32. The maximum atomic E-state index is 12.4. The van der Waals surface area contributed by atoms with Crippen LogP contribution in [0.15, 0.2) is 12.5 Å². The molecule has 74 valence electrons. The first-order chi connectivity index (χ1) is 6.50. The summed E-state index contributed by atoms with van der Waals surface area (Å²) in [6.45, 7) is 1.39. The van der Waals surface area contributed by atoms with Gasteiger partial charge >= 0.3 is 6.18 Å². The molecular formula is C8H6F3N3. The summed E-state index contributed by atoms with van der Waals surface area (Å²) in [6, 6.07) is 0. The van der Waals surface area contributed by atoms with Crippen LogP contribution in [-0.2, 0) is 6.18 Å². The topological polar surface area (TPSA) is 41.6 Å². The maximum absolute atomic E-state index is 12.4. The second kappa shape index (κ2) is 2.70. The molecule has 0 aliphatic carbocycles. The van der Waals surface area contributed by atoms with Crippen LogP contribution in [-0.4, -0.2) is 15.0 Å². The summed E-state index contributed by atoms with van der Waals surface area (Å²) in [7, 11) is 0. The number of aryl methyl sites for hydroxylation is 1. The zero-order chi connectivity index (χ0) is 10.3. The normalized spacial score (nSPS) is 12.3. The quantitative estimate of drug-likeness (QED) is 0.710. The summed E-state index contributed by atoms with van der Waals surface area (Å²) >= 11 is 0. The van der Waals surface area contributed by atoms with E-state index < -0.39 is 11.7 Å². The Bertz CT molecular complexity index is 472. The molecule has 1 N–H and O–H groups in total. The van der Waals surface area contributed by atoms with Crippen molar-refractivity contribution < 1.29 is 13.2 Å². The first kappa shape index (κ1) is 8.98. The number of hydrogen-bond donors (Lipinski definition) is 1. The van der Waals surface area contributed by atoms with E-state index in [9.17, 15) is 13.2 Å². The molecule has 2 aromatic rings. The van der Waals surface area contributed by atoms with Crippen LogP contribution >= 0.6 is 0 Å². The predicted octanol–water partition coefficient (Wildman–Crippen LogP) is 2.29. The monoisotopic (exact) mass is 201 g/mol. The molecule has 14 heavy (non-hydrogen) atoms. The molecule has 0 bridgehead atoms. The second-order valence-electron chi connectivity index (χ2n) is 2.90. The van der Waals surface area contributed by atoms with E-state index >= 15 is 0 Å². The second-order valence-corrected chi connectivity index (χ2v) is 2.90. The molecule has 0 atom stereocenters. The van der Waals surface area contributed by atoms with Crippen LogP contribution in [0.5, 0.6) is 0 Å². The Morgan fingerprint density at radius 3 is 2.64 bits per heavy atom. The first-order valence-electron chi connectivity index (χ1n) is 3.86. The lowest BCUT2D eigenvalue weighted by Gasteiger charge is -2.08. The van der Waals surface area contributed by atoms with Crippen molar-refractivity contribution in [1.82, 2.24) is 15.0 Å². The van der Waals surface area contributed by atoms with E-state index in [-0.39, 0.29) is 5.56 Å². The van der Waals surface area contributed by atoms with Crippen LogP contribution in [0.1, 0.15) is 11.1 Å². The molecule has 2 heterocycles. The summed E-state index contributed by atoms with van der Waals surface area (Å²) in [4.78, 5) is 10.0. The third-order valence-corrected chi connectivity index (χ3v) is 2.02. The van der Waals surface area contributed by atoms with Crippen molar-refractivity contribution in [3.8, 4) is 0 Å². The van der Waals surface area contributed by atoms with Gasteiger partial charge in [0.2, 0.25) is 0 Å². The molecule has 0 radical (unpaired) electrons. The summed E-state index contributed by atoms with van der Waals surface area (Å²) in [5.41, 5.74) is 0.0320. The number of H-pyrrole nitrogens is 1. The average molecular weight is 201 g/mol.